The maximum Gasteiger partial charge on any atom is 0.257 e. The molecule has 5 nitrogen and oxygen atoms in total. The Kier molecular flexibility index (Phi) is 6.98. The van der Waals surface area contributed by atoms with E-state index in [1.165, 1.54) is 12.1 Å². The van der Waals surface area contributed by atoms with Crippen LogP contribution in [0.4, 0.5) is 4.39 Å². The molecule has 0 atom stereocenters. The first-order valence-corrected chi connectivity index (χ1v) is 11.2. The van der Waals surface area contributed by atoms with Gasteiger partial charge in [-0.2, -0.15) is 0 Å². The largest absolute Gasteiger partial charge is 0.497 e. The van der Waals surface area contributed by atoms with Crippen molar-refractivity contribution < 1.29 is 18.7 Å². The van der Waals surface area contributed by atoms with Gasteiger partial charge in [-0.1, -0.05) is 17.7 Å². The van der Waals surface area contributed by atoms with Crippen molar-refractivity contribution in [1.29, 1.82) is 0 Å². The fourth-order valence-electron chi connectivity index (χ4n) is 4.25. The molecule has 0 spiro atoms. The predicted octanol–water partition coefficient (Wildman–Crippen LogP) is 4.77. The number of piperidine rings is 1. The van der Waals surface area contributed by atoms with Gasteiger partial charge in [0.1, 0.15) is 23.4 Å². The van der Waals surface area contributed by atoms with E-state index in [1.54, 1.807) is 19.2 Å². The van der Waals surface area contributed by atoms with E-state index in [2.05, 4.69) is 4.90 Å². The molecule has 2 aliphatic heterocycles. The van der Waals surface area contributed by atoms with Gasteiger partial charge in [-0.25, -0.2) is 4.39 Å². The van der Waals surface area contributed by atoms with Crippen molar-refractivity contribution >= 4 is 17.5 Å². The van der Waals surface area contributed by atoms with Crippen LogP contribution in [-0.4, -0.2) is 55.1 Å². The lowest BCUT2D eigenvalue weighted by Crippen LogP contribution is -2.38. The quantitative estimate of drug-likeness (QED) is 0.641. The van der Waals surface area contributed by atoms with E-state index in [0.29, 0.717) is 28.6 Å². The average Bonchev–Trinajstić information content (AvgIpc) is 3.31. The summed E-state index contributed by atoms with van der Waals surface area (Å²) in [6.45, 7) is 3.97. The first-order chi connectivity index (χ1) is 15.0. The maximum absolute atomic E-state index is 13.3. The smallest absolute Gasteiger partial charge is 0.257 e. The van der Waals surface area contributed by atoms with Crippen LogP contribution in [-0.2, 0) is 6.54 Å². The molecular formula is C24H28ClFN2O3. The first-order valence-electron chi connectivity index (χ1n) is 10.8. The summed E-state index contributed by atoms with van der Waals surface area (Å²) in [5, 5.41) is 0.458. The lowest BCUT2D eigenvalue weighted by atomic mass is 10.1. The van der Waals surface area contributed by atoms with E-state index in [-0.39, 0.29) is 17.8 Å². The second-order valence-corrected chi connectivity index (χ2v) is 8.60. The van der Waals surface area contributed by atoms with Gasteiger partial charge < -0.3 is 14.4 Å². The average molecular weight is 447 g/mol. The number of hydrogen-bond donors (Lipinski definition) is 0. The minimum Gasteiger partial charge on any atom is -0.497 e. The van der Waals surface area contributed by atoms with Gasteiger partial charge in [-0.05, 0) is 55.5 Å². The van der Waals surface area contributed by atoms with Crippen LogP contribution < -0.4 is 9.47 Å². The lowest BCUT2D eigenvalue weighted by Gasteiger charge is -2.33. The number of methoxy groups -OCH3 is 1. The number of nitrogens with zero attached hydrogens (tertiary/aromatic N) is 2. The molecule has 2 aliphatic rings. The van der Waals surface area contributed by atoms with Crippen LogP contribution >= 0.6 is 11.6 Å². The van der Waals surface area contributed by atoms with Crippen LogP contribution in [0.3, 0.4) is 0 Å². The molecule has 2 heterocycles. The van der Waals surface area contributed by atoms with Crippen molar-refractivity contribution in [3.05, 3.63) is 58.4 Å². The van der Waals surface area contributed by atoms with Gasteiger partial charge in [-0.3, -0.25) is 9.69 Å². The van der Waals surface area contributed by atoms with Crippen LogP contribution in [0.25, 0.3) is 0 Å². The third-order valence-corrected chi connectivity index (χ3v) is 6.40. The zero-order chi connectivity index (χ0) is 21.8. The van der Waals surface area contributed by atoms with Crippen LogP contribution in [0.15, 0.2) is 36.4 Å². The number of hydrogen-bond acceptors (Lipinski definition) is 4. The van der Waals surface area contributed by atoms with Gasteiger partial charge >= 0.3 is 0 Å². The molecule has 1 amide bonds. The molecule has 2 aromatic rings. The van der Waals surface area contributed by atoms with Crippen LogP contribution in [0, 0.1) is 5.82 Å². The molecule has 31 heavy (non-hydrogen) atoms. The Bertz CT molecular complexity index is 925. The third kappa shape index (κ3) is 5.31. The summed E-state index contributed by atoms with van der Waals surface area (Å²) in [4.78, 5) is 17.2. The Morgan fingerprint density at radius 1 is 1.10 bits per heavy atom. The highest BCUT2D eigenvalue weighted by molar-refractivity contribution is 6.31. The van der Waals surface area contributed by atoms with E-state index < -0.39 is 0 Å². The summed E-state index contributed by atoms with van der Waals surface area (Å²) in [5.41, 5.74) is 1.52. The van der Waals surface area contributed by atoms with Gasteiger partial charge in [0.2, 0.25) is 0 Å². The maximum atomic E-state index is 13.3. The standard InChI is InChI=1S/C24H28ClFN2O3/c1-30-20-6-7-21(24(29)28-10-2-3-11-28)23(15-20)31-19-8-12-27(13-9-19)16-17-4-5-18(26)14-22(17)25/h4-7,14-15,19H,2-3,8-13,16H2,1H3. The number of likely N-dealkylation sites (tertiary alicyclic amines) is 2. The molecule has 166 valence electrons. The summed E-state index contributed by atoms with van der Waals surface area (Å²) in [6, 6.07) is 9.97. The van der Waals surface area contributed by atoms with E-state index in [9.17, 15) is 9.18 Å². The molecule has 2 saturated heterocycles. The summed E-state index contributed by atoms with van der Waals surface area (Å²) >= 11 is 6.18. The number of ether oxygens (including phenoxy) is 2. The number of halogens is 2. The molecule has 0 saturated carbocycles. The minimum atomic E-state index is -0.321. The highest BCUT2D eigenvalue weighted by Crippen LogP contribution is 2.30. The Morgan fingerprint density at radius 2 is 1.84 bits per heavy atom. The monoisotopic (exact) mass is 446 g/mol. The molecule has 0 N–H and O–H groups in total. The van der Waals surface area contributed by atoms with E-state index in [1.807, 2.05) is 17.0 Å². The van der Waals surface area contributed by atoms with Gasteiger partial charge in [0, 0.05) is 43.8 Å². The number of amides is 1. The predicted molar refractivity (Wildman–Crippen MR) is 118 cm³/mol. The van der Waals surface area contributed by atoms with Crippen molar-refractivity contribution in [3.8, 4) is 11.5 Å². The Balaban J connectivity index is 1.40. The minimum absolute atomic E-state index is 0.0252. The second-order valence-electron chi connectivity index (χ2n) is 8.19. The van der Waals surface area contributed by atoms with Crippen molar-refractivity contribution in [2.75, 3.05) is 33.3 Å². The summed E-state index contributed by atoms with van der Waals surface area (Å²) in [6.07, 6.45) is 3.81. The molecule has 0 aromatic heterocycles. The van der Waals surface area contributed by atoms with Gasteiger partial charge in [0.05, 0.1) is 12.7 Å². The molecule has 4 rings (SSSR count). The summed E-state index contributed by atoms with van der Waals surface area (Å²) < 4.78 is 24.9. The molecule has 7 heteroatoms. The molecule has 0 bridgehead atoms. The van der Waals surface area contributed by atoms with E-state index in [4.69, 9.17) is 21.1 Å². The fraction of sp³-hybridized carbons (Fsp3) is 0.458. The highest BCUT2D eigenvalue weighted by atomic mass is 35.5. The molecular weight excluding hydrogens is 419 g/mol. The topological polar surface area (TPSA) is 42.0 Å². The van der Waals surface area contributed by atoms with Crippen molar-refractivity contribution in [2.24, 2.45) is 0 Å². The first kappa shape index (κ1) is 21.9. The van der Waals surface area contributed by atoms with Crippen molar-refractivity contribution in [3.63, 3.8) is 0 Å². The number of rotatable bonds is 6. The normalized spacial score (nSPS) is 17.7. The van der Waals surface area contributed by atoms with E-state index >= 15 is 0 Å². The van der Waals surface area contributed by atoms with Gasteiger partial charge in [0.25, 0.3) is 5.91 Å². The number of carbonyl (C=O) groups is 1. The summed E-state index contributed by atoms with van der Waals surface area (Å²) in [5.74, 6) is 0.976. The number of carbonyl (C=O) groups excluding carboxylic acids is 1. The van der Waals surface area contributed by atoms with Crippen LogP contribution in [0.1, 0.15) is 41.6 Å². The highest BCUT2D eigenvalue weighted by Gasteiger charge is 2.26. The lowest BCUT2D eigenvalue weighted by molar-refractivity contribution is 0.0764. The Hall–Kier alpha value is -2.31. The zero-order valence-electron chi connectivity index (χ0n) is 17.8. The van der Waals surface area contributed by atoms with E-state index in [0.717, 1.165) is 57.4 Å². The number of benzene rings is 2. The Morgan fingerprint density at radius 3 is 2.52 bits per heavy atom. The fourth-order valence-corrected chi connectivity index (χ4v) is 4.48. The van der Waals surface area contributed by atoms with Gasteiger partial charge in [0.15, 0.2) is 0 Å². The van der Waals surface area contributed by atoms with Crippen LogP contribution in [0.2, 0.25) is 5.02 Å². The third-order valence-electron chi connectivity index (χ3n) is 6.05. The van der Waals surface area contributed by atoms with Crippen molar-refractivity contribution in [1.82, 2.24) is 9.80 Å². The van der Waals surface area contributed by atoms with Crippen LogP contribution in [0.5, 0.6) is 11.5 Å². The summed E-state index contributed by atoms with van der Waals surface area (Å²) in [7, 11) is 1.61. The molecule has 0 aliphatic carbocycles. The van der Waals surface area contributed by atoms with Gasteiger partial charge in [-0.15, -0.1) is 0 Å². The SMILES string of the molecule is COc1ccc(C(=O)N2CCCC2)c(OC2CCN(Cc3ccc(F)cc3Cl)CC2)c1. The molecule has 0 radical (unpaired) electrons. The second kappa shape index (κ2) is 9.88. The zero-order valence-corrected chi connectivity index (χ0v) is 18.5. The Labute approximate surface area is 187 Å². The molecule has 0 unspecified atom stereocenters. The molecule has 2 fully saturated rings. The van der Waals surface area contributed by atoms with Crippen molar-refractivity contribution in [2.45, 2.75) is 38.3 Å². The molecule has 2 aromatic carbocycles.